The van der Waals surface area contributed by atoms with E-state index in [0.717, 1.165) is 143 Å². The van der Waals surface area contributed by atoms with Gasteiger partial charge in [0.2, 0.25) is 46.8 Å². The molecule has 37 heteroatoms. The van der Waals surface area contributed by atoms with Crippen molar-refractivity contribution in [1.29, 1.82) is 0 Å². The molecule has 5 N–H and O–H groups in total. The van der Waals surface area contributed by atoms with Gasteiger partial charge in [0.1, 0.15) is 63.3 Å². The minimum Gasteiger partial charge on any atom is -0.872 e. The Kier molecular flexibility index (Phi) is 35.4. The summed E-state index contributed by atoms with van der Waals surface area (Å²) < 4.78 is 101. The number of aromatic carboxylic acids is 1. The van der Waals surface area contributed by atoms with E-state index < -0.39 is 135 Å². The number of aliphatic hydroxyl groups is 1. The highest BCUT2D eigenvalue weighted by Gasteiger charge is 2.55. The highest BCUT2D eigenvalue weighted by molar-refractivity contribution is 7.77. The number of aromatic nitrogens is 4. The first-order valence-electron chi connectivity index (χ1n) is 42.1. The molecule has 1 amide bonds. The molecule has 0 bridgehead atoms. The van der Waals surface area contributed by atoms with E-state index in [0.29, 0.717) is 19.5 Å². The number of amides is 1. The summed E-state index contributed by atoms with van der Waals surface area (Å²) in [5, 5.41) is 34.8. The molecule has 31 nitrogen and oxygen atoms in total. The number of imidazole rings is 2. The molecule has 5 aliphatic rings. The van der Waals surface area contributed by atoms with Crippen molar-refractivity contribution in [2.75, 3.05) is 51.4 Å². The number of ketones is 10. The number of aliphatic hydroxyl groups excluding tert-OH is 1. The predicted molar refractivity (Wildman–Crippen MR) is 466 cm³/mol. The topological polar surface area (TPSA) is 477 Å². The molecule has 696 valence electrons. The van der Waals surface area contributed by atoms with E-state index in [1.54, 1.807) is 45.8 Å². The van der Waals surface area contributed by atoms with Crippen LogP contribution >= 0.6 is 7.26 Å². The number of aldehydes is 1. The number of nitrogens with two attached hydrogens (primary N) is 1. The van der Waals surface area contributed by atoms with E-state index in [4.69, 9.17) is 33.6 Å². The number of fused-ring (bicyclic) bond motifs is 8. The number of unbranched alkanes of at least 4 members (excludes halogenated alkanes) is 3. The third kappa shape index (κ3) is 23.2. The molecule has 0 aliphatic heterocycles. The maximum atomic E-state index is 13.8. The minimum absolute atomic E-state index is 0.00938. The number of aryl methyl sites for hydroxylation is 5. The lowest BCUT2D eigenvalue weighted by Crippen LogP contribution is -2.41. The van der Waals surface area contributed by atoms with Crippen LogP contribution in [0.15, 0.2) is 153 Å². The number of rotatable bonds is 26. The van der Waals surface area contributed by atoms with Gasteiger partial charge in [-0.15, -0.1) is 0 Å². The number of furan rings is 3. The maximum absolute atomic E-state index is 13.8. The number of nitrogens with one attached hydrogen (secondary N) is 1. The SMILES string of the molecule is CCCC[P+](CCCC)(CCCC)C(C(=O)OCC)C1=C([O-])c2ccc(F)cc2C(=O)C1=O.CCOC(=O)C=O.CCOC(=O)c1c(C)oc2c1C(=O)c1ccc(F)cc1C2=O.Cc1oc2c(c1C(=O)NCCCn1ccnc1)C(=O)c1ccc(F)cc1C2=O.Cc1oc2c(c1C(=O)O)C(=O)c1ccc(F)cc1C2=O.NCCCn1ccnc1.O=C1C=C(O)c2ccc(F)cc2C1=O. The van der Waals surface area contributed by atoms with Gasteiger partial charge in [-0.25, -0.2) is 51.1 Å². The molecule has 0 saturated carbocycles. The zero-order valence-electron chi connectivity index (χ0n) is 73.6. The molecular weight excluding hydrogens is 1760 g/mol. The van der Waals surface area contributed by atoms with Crippen LogP contribution in [0.1, 0.15) is 269 Å². The van der Waals surface area contributed by atoms with Crippen molar-refractivity contribution >= 4 is 113 Å². The zero-order valence-corrected chi connectivity index (χ0v) is 74.5. The third-order valence-electron chi connectivity index (χ3n) is 21.2. The molecule has 5 aliphatic carbocycles. The van der Waals surface area contributed by atoms with Crippen molar-refractivity contribution in [3.05, 3.63) is 293 Å². The van der Waals surface area contributed by atoms with Gasteiger partial charge in [0, 0.05) is 113 Å². The monoisotopic (exact) mass is 1850 g/mol. The van der Waals surface area contributed by atoms with Gasteiger partial charge in [-0.2, -0.15) is 0 Å². The molecule has 5 aromatic carbocycles. The van der Waals surface area contributed by atoms with E-state index in [2.05, 4.69) is 40.8 Å². The summed E-state index contributed by atoms with van der Waals surface area (Å²) >= 11 is 0. The minimum atomic E-state index is -2.21. The van der Waals surface area contributed by atoms with Gasteiger partial charge in [-0.3, -0.25) is 57.5 Å². The van der Waals surface area contributed by atoms with Crippen LogP contribution in [0.5, 0.6) is 0 Å². The van der Waals surface area contributed by atoms with Crippen LogP contribution in [-0.4, -0.2) is 180 Å². The Morgan fingerprint density at radius 2 is 0.872 bits per heavy atom. The molecule has 5 aromatic heterocycles. The fraction of sp³-hybridized carbons (Fsp3) is 0.292. The number of carboxylic acids is 1. The van der Waals surface area contributed by atoms with E-state index in [1.807, 2.05) is 21.5 Å². The highest BCUT2D eigenvalue weighted by Crippen LogP contribution is 2.67. The number of carbonyl (C=O) groups is 16. The van der Waals surface area contributed by atoms with E-state index in [1.165, 1.54) is 51.1 Å². The van der Waals surface area contributed by atoms with Crippen molar-refractivity contribution in [2.45, 2.75) is 132 Å². The van der Waals surface area contributed by atoms with Crippen LogP contribution in [0.4, 0.5) is 22.0 Å². The quantitative estimate of drug-likeness (QED) is 0.00744. The van der Waals surface area contributed by atoms with Gasteiger partial charge in [0.05, 0.1) is 73.2 Å². The number of halogens is 5. The fourth-order valence-electron chi connectivity index (χ4n) is 15.0. The van der Waals surface area contributed by atoms with Crippen LogP contribution in [-0.2, 0) is 51.3 Å². The molecular formula is C96H92F5N6O25P. The first-order valence-corrected chi connectivity index (χ1v) is 44.5. The number of carbonyl (C=O) groups excluding carboxylic acids is 15. The average molecular weight is 1860 g/mol. The van der Waals surface area contributed by atoms with Gasteiger partial charge in [-0.05, 0) is 171 Å². The number of carboxylic acid groups (broad SMARTS) is 1. The summed E-state index contributed by atoms with van der Waals surface area (Å²) in [5.74, 6) is -15.8. The number of hydrogen-bond donors (Lipinski definition) is 4. The normalized spacial score (nSPS) is 13.1. The van der Waals surface area contributed by atoms with E-state index >= 15 is 0 Å². The number of nitrogens with zero attached hydrogens (tertiary/aromatic N) is 4. The van der Waals surface area contributed by atoms with E-state index in [9.17, 15) is 109 Å². The molecule has 0 fully saturated rings. The number of allylic oxidation sites excluding steroid dienone is 1. The molecule has 1 atom stereocenters. The predicted octanol–water partition coefficient (Wildman–Crippen LogP) is 13.9. The lowest BCUT2D eigenvalue weighted by Gasteiger charge is -2.38. The molecule has 15 rings (SSSR count). The molecule has 5 heterocycles. The van der Waals surface area contributed by atoms with Crippen LogP contribution in [0.2, 0.25) is 0 Å². The number of Topliss-reactive ketones (excluding diaryl/α,β-unsaturated/α-hetero) is 3. The van der Waals surface area contributed by atoms with Crippen molar-refractivity contribution in [2.24, 2.45) is 5.73 Å². The van der Waals surface area contributed by atoms with E-state index in [-0.39, 0.29) is 161 Å². The molecule has 133 heavy (non-hydrogen) atoms. The van der Waals surface area contributed by atoms with Crippen molar-refractivity contribution < 1.29 is 141 Å². The van der Waals surface area contributed by atoms with Gasteiger partial charge >= 0.3 is 23.9 Å². The van der Waals surface area contributed by atoms with Crippen LogP contribution in [0, 0.1) is 49.9 Å². The Labute approximate surface area is 757 Å². The molecule has 0 saturated heterocycles. The standard InChI is InChI=1S/C26H36FO5P.C20H16FN3O4.C16H11FO5.C14H7FO5.C10H5FO3.C6H11N3.C4H6O3/c1-5-9-14-33(15-10-6-2,16-11-7-3)25(26(31)32-8-4)21-22(28)19-13-12-18(27)17-20(19)23(29)24(21)30;1-11-15(20(27)23-5-2-7-24-8-6-22-10-24)16-17(25)13-4-3-12(21)9-14(13)18(26)19(16)28-11;1-3-21-16(20)11-7(2)22-15-12(11)13(18)9-5-4-8(17)6-10(9)14(15)19;1-5-9(14(18)19)10-11(16)7-3-2-6(15)4-8(7)12(17)13(10)20-5;11-5-1-2-6-7(3-5)10(14)9(13)4-8(6)12;7-2-1-4-9-5-3-8-6-9;1-2-7-4(6)3-5/h12-13,17,25H,5-11,14-16H2,1-4H3;3-4,6,8-10H,2,5,7H2,1H3,(H,23,27);4-6H,3H2,1-2H3;2-4H,1H3,(H,18,19);1-4,12H;3,5-6H,1-2,4,7H2;3H,2H2,1H3. The number of esters is 3. The lowest BCUT2D eigenvalue weighted by atomic mass is 9.86. The molecule has 1 unspecified atom stereocenters. The summed E-state index contributed by atoms with van der Waals surface area (Å²) in [5.41, 5.74) is 2.99. The summed E-state index contributed by atoms with van der Waals surface area (Å²) in [6.07, 6.45) is 21.1. The Morgan fingerprint density at radius 1 is 0.489 bits per heavy atom. The Hall–Kier alpha value is -14.8. The van der Waals surface area contributed by atoms with Gasteiger partial charge in [0.15, 0.2) is 40.3 Å². The summed E-state index contributed by atoms with van der Waals surface area (Å²) in [4.78, 5) is 200. The average Bonchev–Trinajstić information content (AvgIpc) is 1.62. The number of hydrogen-bond acceptors (Lipinski definition) is 27. The van der Waals surface area contributed by atoms with Gasteiger partial charge < -0.3 is 63.0 Å². The van der Waals surface area contributed by atoms with Crippen LogP contribution in [0.25, 0.3) is 11.5 Å². The smallest absolute Gasteiger partial charge is 0.371 e. The third-order valence-corrected chi connectivity index (χ3v) is 26.4. The van der Waals surface area contributed by atoms with Crippen LogP contribution in [0.3, 0.4) is 0 Å². The zero-order chi connectivity index (χ0) is 97.6. The second kappa shape index (κ2) is 46.1. The molecule has 0 radical (unpaired) electrons. The molecule has 0 spiro atoms. The summed E-state index contributed by atoms with van der Waals surface area (Å²) in [6, 6.07) is 16.4. The first-order chi connectivity index (χ1) is 63.4. The fourth-order valence-corrected chi connectivity index (χ4v) is 20.6. The van der Waals surface area contributed by atoms with Gasteiger partial charge in [-0.1, -0.05) is 51.9 Å². The van der Waals surface area contributed by atoms with Crippen LogP contribution < -0.4 is 16.2 Å². The van der Waals surface area contributed by atoms with Gasteiger partial charge in [0.25, 0.3) is 5.91 Å². The summed E-state index contributed by atoms with van der Waals surface area (Å²) in [6.45, 7) is 18.8. The van der Waals surface area contributed by atoms with Crippen molar-refractivity contribution in [3.63, 3.8) is 0 Å². The van der Waals surface area contributed by atoms with Crippen molar-refractivity contribution in [3.8, 4) is 0 Å². The molecule has 10 aromatic rings. The first kappa shape index (κ1) is 102. The second-order valence-electron chi connectivity index (χ2n) is 30.1. The highest BCUT2D eigenvalue weighted by atomic mass is 31.2. The maximum Gasteiger partial charge on any atom is 0.371 e. The summed E-state index contributed by atoms with van der Waals surface area (Å²) in [7, 11) is -2.21. The Morgan fingerprint density at radius 3 is 1.26 bits per heavy atom. The Bertz CT molecular complexity index is 6270. The lowest BCUT2D eigenvalue weighted by molar-refractivity contribution is -0.245. The second-order valence-corrected chi connectivity index (χ2v) is 34.4. The number of ether oxygens (including phenoxy) is 3. The number of benzene rings is 5. The van der Waals surface area contributed by atoms with Crippen molar-refractivity contribution in [1.82, 2.24) is 24.4 Å². The Balaban J connectivity index is 0.000000182. The largest absolute Gasteiger partial charge is 0.872 e.